The molecular weight excluding hydrogens is 454 g/mol. The molecule has 6 heteroatoms. The van der Waals surface area contributed by atoms with Crippen LogP contribution < -0.4 is 19.5 Å². The number of nitrogens with one attached hydrogen (secondary N) is 1. The minimum absolute atomic E-state index is 0.0405. The molecule has 36 heavy (non-hydrogen) atoms. The zero-order valence-electron chi connectivity index (χ0n) is 23.2. The number of rotatable bonds is 14. The molecule has 0 saturated carbocycles. The van der Waals surface area contributed by atoms with E-state index in [2.05, 4.69) is 51.2 Å². The largest absolute Gasteiger partial charge is 0.496 e. The van der Waals surface area contributed by atoms with Gasteiger partial charge in [-0.05, 0) is 47.8 Å². The van der Waals surface area contributed by atoms with Crippen LogP contribution in [0.5, 0.6) is 17.2 Å². The number of aliphatic hydroxyl groups excluding tert-OH is 1. The summed E-state index contributed by atoms with van der Waals surface area (Å²) < 4.78 is 16.9. The first-order valence-electron chi connectivity index (χ1n) is 13.0. The number of carbonyl (C=O) groups excluding carboxylic acids is 1. The fourth-order valence-electron chi connectivity index (χ4n) is 4.64. The average Bonchev–Trinajstić information content (AvgIpc) is 2.85. The van der Waals surface area contributed by atoms with E-state index in [1.54, 1.807) is 21.3 Å². The van der Waals surface area contributed by atoms with E-state index in [1.807, 2.05) is 12.1 Å². The lowest BCUT2D eigenvalue weighted by molar-refractivity contribution is -0.116. The lowest BCUT2D eigenvalue weighted by atomic mass is 9.84. The van der Waals surface area contributed by atoms with Crippen LogP contribution >= 0.6 is 0 Å². The number of methoxy groups -OCH3 is 3. The summed E-state index contributed by atoms with van der Waals surface area (Å²) in [5, 5.41) is 12.5. The van der Waals surface area contributed by atoms with Gasteiger partial charge in [0.15, 0.2) is 0 Å². The van der Waals surface area contributed by atoms with Gasteiger partial charge in [0.1, 0.15) is 17.2 Å². The summed E-state index contributed by atoms with van der Waals surface area (Å²) in [4.78, 5) is 13.5. The monoisotopic (exact) mass is 499 g/mol. The Balaban J connectivity index is 2.40. The van der Waals surface area contributed by atoms with E-state index in [0.717, 1.165) is 54.5 Å². The zero-order chi connectivity index (χ0) is 26.7. The Morgan fingerprint density at radius 3 is 2.17 bits per heavy atom. The molecule has 0 heterocycles. The maximum absolute atomic E-state index is 13.5. The summed E-state index contributed by atoms with van der Waals surface area (Å²) in [6.45, 7) is 8.76. The van der Waals surface area contributed by atoms with Crippen molar-refractivity contribution in [2.75, 3.05) is 33.3 Å². The van der Waals surface area contributed by atoms with E-state index in [0.29, 0.717) is 30.1 Å². The summed E-state index contributed by atoms with van der Waals surface area (Å²) in [5.74, 6) is 1.88. The molecule has 0 radical (unpaired) electrons. The van der Waals surface area contributed by atoms with Crippen LogP contribution in [0.2, 0.25) is 0 Å². The fourth-order valence-corrected chi connectivity index (χ4v) is 4.64. The van der Waals surface area contributed by atoms with Gasteiger partial charge in [-0.1, -0.05) is 59.1 Å². The molecule has 0 aliphatic heterocycles. The number of aryl methyl sites for hydroxylation is 1. The number of amides is 1. The predicted octanol–water partition coefficient (Wildman–Crippen LogP) is 6.63. The molecule has 0 fully saturated rings. The second-order valence-electron chi connectivity index (χ2n) is 10.3. The molecule has 1 amide bonds. The van der Waals surface area contributed by atoms with Crippen molar-refractivity contribution in [3.8, 4) is 17.2 Å². The standard InChI is InChI=1S/C30H45NO5/c1-8-9-10-13-22(29-26(35-6)19-23(34-5)20-27(29)36-7)18-28(33)31-25-17-21(12-11-16-32)14-15-24(25)30(2,3)4/h14-15,17,19-20,22,32H,8-13,16,18H2,1-7H3,(H,31,33). The van der Waals surface area contributed by atoms with Crippen molar-refractivity contribution in [1.82, 2.24) is 0 Å². The van der Waals surface area contributed by atoms with Gasteiger partial charge in [-0.2, -0.15) is 0 Å². The van der Waals surface area contributed by atoms with Gasteiger partial charge < -0.3 is 24.6 Å². The van der Waals surface area contributed by atoms with Crippen LogP contribution in [-0.2, 0) is 16.6 Å². The second kappa shape index (κ2) is 14.1. The lowest BCUT2D eigenvalue weighted by Crippen LogP contribution is -2.21. The summed E-state index contributed by atoms with van der Waals surface area (Å²) in [6, 6.07) is 9.94. The van der Waals surface area contributed by atoms with Crippen molar-refractivity contribution in [3.63, 3.8) is 0 Å². The molecular formula is C30H45NO5. The first-order valence-corrected chi connectivity index (χ1v) is 13.0. The molecule has 6 nitrogen and oxygen atoms in total. The van der Waals surface area contributed by atoms with Gasteiger partial charge in [-0.3, -0.25) is 4.79 Å². The van der Waals surface area contributed by atoms with Crippen LogP contribution in [0, 0.1) is 0 Å². The highest BCUT2D eigenvalue weighted by Crippen LogP contribution is 2.43. The SMILES string of the molecule is CCCCCC(CC(=O)Nc1cc(CCCO)ccc1C(C)(C)C)c1c(OC)cc(OC)cc1OC. The molecule has 0 saturated heterocycles. The summed E-state index contributed by atoms with van der Waals surface area (Å²) >= 11 is 0. The van der Waals surface area contributed by atoms with Gasteiger partial charge in [0.25, 0.3) is 0 Å². The van der Waals surface area contributed by atoms with Gasteiger partial charge in [0.2, 0.25) is 5.91 Å². The molecule has 0 aliphatic rings. The van der Waals surface area contributed by atoms with E-state index in [4.69, 9.17) is 14.2 Å². The van der Waals surface area contributed by atoms with Crippen LogP contribution in [0.3, 0.4) is 0 Å². The van der Waals surface area contributed by atoms with Crippen LogP contribution in [-0.4, -0.2) is 38.9 Å². The van der Waals surface area contributed by atoms with Crippen molar-refractivity contribution < 1.29 is 24.1 Å². The molecule has 2 rings (SSSR count). The molecule has 1 atom stereocenters. The third-order valence-corrected chi connectivity index (χ3v) is 6.54. The Hall–Kier alpha value is -2.73. The normalized spacial score (nSPS) is 12.2. The molecule has 2 aromatic carbocycles. The molecule has 0 aromatic heterocycles. The highest BCUT2D eigenvalue weighted by atomic mass is 16.5. The smallest absolute Gasteiger partial charge is 0.224 e. The Morgan fingerprint density at radius 2 is 1.64 bits per heavy atom. The van der Waals surface area contributed by atoms with Crippen molar-refractivity contribution in [3.05, 3.63) is 47.0 Å². The summed E-state index contributed by atoms with van der Waals surface area (Å²) in [7, 11) is 4.88. The third-order valence-electron chi connectivity index (χ3n) is 6.54. The van der Waals surface area contributed by atoms with Gasteiger partial charge in [0, 0.05) is 36.4 Å². The number of benzene rings is 2. The van der Waals surface area contributed by atoms with Crippen LogP contribution in [0.1, 0.15) is 88.8 Å². The summed E-state index contributed by atoms with van der Waals surface area (Å²) in [6.07, 6.45) is 5.83. The Bertz CT molecular complexity index is 955. The molecule has 1 unspecified atom stereocenters. The lowest BCUT2D eigenvalue weighted by Gasteiger charge is -2.25. The minimum Gasteiger partial charge on any atom is -0.496 e. The number of aliphatic hydroxyl groups is 1. The molecule has 0 spiro atoms. The van der Waals surface area contributed by atoms with Crippen molar-refractivity contribution in [2.45, 2.75) is 84.0 Å². The van der Waals surface area contributed by atoms with Gasteiger partial charge in [-0.25, -0.2) is 0 Å². The topological polar surface area (TPSA) is 77.0 Å². The van der Waals surface area contributed by atoms with Crippen LogP contribution in [0.25, 0.3) is 0 Å². The highest BCUT2D eigenvalue weighted by molar-refractivity contribution is 5.92. The van der Waals surface area contributed by atoms with E-state index in [1.165, 1.54) is 0 Å². The first kappa shape index (κ1) is 29.5. The summed E-state index contributed by atoms with van der Waals surface area (Å²) in [5.41, 5.74) is 3.81. The van der Waals surface area contributed by atoms with Gasteiger partial charge in [0.05, 0.1) is 21.3 Å². The van der Waals surface area contributed by atoms with E-state index in [9.17, 15) is 9.90 Å². The first-order chi connectivity index (χ1) is 17.2. The molecule has 0 bridgehead atoms. The van der Waals surface area contributed by atoms with Crippen molar-refractivity contribution in [2.24, 2.45) is 0 Å². The van der Waals surface area contributed by atoms with Crippen molar-refractivity contribution in [1.29, 1.82) is 0 Å². The number of ether oxygens (including phenoxy) is 3. The Morgan fingerprint density at radius 1 is 0.972 bits per heavy atom. The number of carbonyl (C=O) groups is 1. The number of anilines is 1. The van der Waals surface area contributed by atoms with E-state index in [-0.39, 0.29) is 23.8 Å². The zero-order valence-corrected chi connectivity index (χ0v) is 23.2. The molecule has 2 N–H and O–H groups in total. The predicted molar refractivity (Wildman–Crippen MR) is 147 cm³/mol. The van der Waals surface area contributed by atoms with Crippen LogP contribution in [0.15, 0.2) is 30.3 Å². The van der Waals surface area contributed by atoms with Crippen molar-refractivity contribution >= 4 is 11.6 Å². The molecule has 2 aromatic rings. The maximum atomic E-state index is 13.5. The highest BCUT2D eigenvalue weighted by Gasteiger charge is 2.26. The fraction of sp³-hybridized carbons (Fsp3) is 0.567. The van der Waals surface area contributed by atoms with Gasteiger partial charge in [-0.15, -0.1) is 0 Å². The average molecular weight is 500 g/mol. The van der Waals surface area contributed by atoms with Gasteiger partial charge >= 0.3 is 0 Å². The minimum atomic E-state index is -0.124. The Labute approximate surface area is 217 Å². The van der Waals surface area contributed by atoms with E-state index < -0.39 is 0 Å². The Kier molecular flexibility index (Phi) is 11.6. The number of unbranched alkanes of at least 4 members (excludes halogenated alkanes) is 2. The molecule has 200 valence electrons. The van der Waals surface area contributed by atoms with Crippen LogP contribution in [0.4, 0.5) is 5.69 Å². The quantitative estimate of drug-likeness (QED) is 0.285. The third kappa shape index (κ3) is 8.16. The number of hydrogen-bond donors (Lipinski definition) is 2. The second-order valence-corrected chi connectivity index (χ2v) is 10.3. The number of hydrogen-bond acceptors (Lipinski definition) is 5. The molecule has 0 aliphatic carbocycles. The van der Waals surface area contributed by atoms with E-state index >= 15 is 0 Å². The maximum Gasteiger partial charge on any atom is 0.224 e.